The molecule has 112 valence electrons. The Morgan fingerprint density at radius 3 is 2.60 bits per heavy atom. The van der Waals surface area contributed by atoms with E-state index in [-0.39, 0.29) is 13.1 Å². The minimum atomic E-state index is -4.27. The maximum Gasteiger partial charge on any atom is 0.405 e. The number of alkyl halides is 3. The molecule has 1 aromatic heterocycles. The summed E-state index contributed by atoms with van der Waals surface area (Å²) in [4.78, 5) is 9.55. The van der Waals surface area contributed by atoms with E-state index in [1.807, 2.05) is 0 Å². The maximum atomic E-state index is 12.7. The third-order valence-corrected chi connectivity index (χ3v) is 3.42. The molecular weight excluding hydrogens is 269 g/mol. The highest BCUT2D eigenvalue weighted by Gasteiger charge is 2.32. The normalized spacial score (nSPS) is 15.6. The Morgan fingerprint density at radius 1 is 1.15 bits per heavy atom. The van der Waals surface area contributed by atoms with E-state index in [1.54, 1.807) is 0 Å². The van der Waals surface area contributed by atoms with Gasteiger partial charge in [0.05, 0.1) is 0 Å². The van der Waals surface area contributed by atoms with Gasteiger partial charge in [-0.15, -0.1) is 0 Å². The molecule has 0 saturated heterocycles. The Hall–Kier alpha value is -1.37. The summed E-state index contributed by atoms with van der Waals surface area (Å²) in [7, 11) is 0. The zero-order chi connectivity index (χ0) is 14.6. The van der Waals surface area contributed by atoms with Crippen LogP contribution in [0.3, 0.4) is 0 Å². The molecule has 0 aliphatic heterocycles. The molecule has 0 bridgehead atoms. The van der Waals surface area contributed by atoms with Crippen molar-refractivity contribution in [2.75, 3.05) is 24.5 Å². The molecule has 0 unspecified atom stereocenters. The van der Waals surface area contributed by atoms with Crippen molar-refractivity contribution in [2.45, 2.75) is 38.3 Å². The van der Waals surface area contributed by atoms with Crippen LogP contribution in [-0.4, -0.2) is 35.8 Å². The standard InChI is InChI=1S/C13H19F3N4/c14-13(15,16)8-20(7-6-17)12-10-4-2-1-3-5-11(10)18-9-19-12/h9H,1-8,17H2. The quantitative estimate of drug-likeness (QED) is 0.862. The molecule has 2 rings (SSSR count). The lowest BCUT2D eigenvalue weighted by Gasteiger charge is -2.26. The van der Waals surface area contributed by atoms with E-state index in [1.165, 1.54) is 11.2 Å². The molecular formula is C13H19F3N4. The van der Waals surface area contributed by atoms with Gasteiger partial charge >= 0.3 is 6.18 Å². The lowest BCUT2D eigenvalue weighted by molar-refractivity contribution is -0.119. The Morgan fingerprint density at radius 2 is 1.90 bits per heavy atom. The van der Waals surface area contributed by atoms with Gasteiger partial charge in [0.15, 0.2) is 0 Å². The van der Waals surface area contributed by atoms with Crippen molar-refractivity contribution >= 4 is 5.82 Å². The summed E-state index contributed by atoms with van der Waals surface area (Å²) < 4.78 is 38.1. The van der Waals surface area contributed by atoms with Crippen LogP contribution in [0.5, 0.6) is 0 Å². The maximum absolute atomic E-state index is 12.7. The average Bonchev–Trinajstić information content (AvgIpc) is 2.61. The molecule has 0 amide bonds. The first-order valence-electron chi connectivity index (χ1n) is 6.86. The molecule has 1 aromatic rings. The van der Waals surface area contributed by atoms with Crippen molar-refractivity contribution in [3.8, 4) is 0 Å². The van der Waals surface area contributed by atoms with Crippen molar-refractivity contribution in [1.82, 2.24) is 9.97 Å². The second-order valence-electron chi connectivity index (χ2n) is 5.01. The van der Waals surface area contributed by atoms with Crippen molar-refractivity contribution in [1.29, 1.82) is 0 Å². The van der Waals surface area contributed by atoms with Crippen LogP contribution < -0.4 is 10.6 Å². The predicted octanol–water partition coefficient (Wildman–Crippen LogP) is 2.07. The van der Waals surface area contributed by atoms with Crippen LogP contribution in [0.15, 0.2) is 6.33 Å². The summed E-state index contributed by atoms with van der Waals surface area (Å²) in [6, 6.07) is 0. The molecule has 0 fully saturated rings. The van der Waals surface area contributed by atoms with Crippen molar-refractivity contribution in [3.05, 3.63) is 17.6 Å². The molecule has 0 atom stereocenters. The zero-order valence-electron chi connectivity index (χ0n) is 11.3. The molecule has 0 aromatic carbocycles. The molecule has 0 saturated carbocycles. The first kappa shape index (κ1) is 15.0. The Kier molecular flexibility index (Phi) is 4.80. The van der Waals surface area contributed by atoms with Gasteiger partial charge in [-0.3, -0.25) is 0 Å². The first-order chi connectivity index (χ1) is 9.51. The van der Waals surface area contributed by atoms with Gasteiger partial charge in [-0.1, -0.05) is 6.42 Å². The first-order valence-corrected chi connectivity index (χ1v) is 6.86. The number of rotatable bonds is 4. The van der Waals surface area contributed by atoms with Crippen LogP contribution in [0, 0.1) is 0 Å². The Balaban J connectivity index is 2.32. The molecule has 0 radical (unpaired) electrons. The zero-order valence-corrected chi connectivity index (χ0v) is 11.3. The molecule has 1 heterocycles. The smallest absolute Gasteiger partial charge is 0.346 e. The highest BCUT2D eigenvalue weighted by Crippen LogP contribution is 2.28. The van der Waals surface area contributed by atoms with Crippen molar-refractivity contribution < 1.29 is 13.2 Å². The van der Waals surface area contributed by atoms with Gasteiger partial charge in [0.25, 0.3) is 0 Å². The van der Waals surface area contributed by atoms with Gasteiger partial charge in [-0.2, -0.15) is 13.2 Å². The Bertz CT molecular complexity index is 448. The van der Waals surface area contributed by atoms with E-state index in [0.29, 0.717) is 5.82 Å². The number of hydrogen-bond acceptors (Lipinski definition) is 4. The molecule has 1 aliphatic rings. The monoisotopic (exact) mass is 288 g/mol. The summed E-state index contributed by atoms with van der Waals surface area (Å²) in [5.74, 6) is 0.402. The SMILES string of the molecule is NCCN(CC(F)(F)F)c1ncnc2c1CCCCC2. The van der Waals surface area contributed by atoms with E-state index >= 15 is 0 Å². The van der Waals surface area contributed by atoms with Crippen LogP contribution >= 0.6 is 0 Å². The van der Waals surface area contributed by atoms with Gasteiger partial charge in [-0.05, 0) is 25.7 Å². The number of nitrogens with zero attached hydrogens (tertiary/aromatic N) is 3. The van der Waals surface area contributed by atoms with E-state index in [4.69, 9.17) is 5.73 Å². The predicted molar refractivity (Wildman–Crippen MR) is 70.6 cm³/mol. The second-order valence-corrected chi connectivity index (χ2v) is 5.01. The van der Waals surface area contributed by atoms with Gasteiger partial charge in [0, 0.05) is 24.3 Å². The highest BCUT2D eigenvalue weighted by molar-refractivity contribution is 5.49. The fourth-order valence-electron chi connectivity index (χ4n) is 2.59. The van der Waals surface area contributed by atoms with E-state index in [0.717, 1.165) is 43.4 Å². The van der Waals surface area contributed by atoms with Crippen LogP contribution in [0.2, 0.25) is 0 Å². The number of fused-ring (bicyclic) bond motifs is 1. The molecule has 2 N–H and O–H groups in total. The minimum absolute atomic E-state index is 0.142. The van der Waals surface area contributed by atoms with Gasteiger partial charge < -0.3 is 10.6 Å². The molecule has 20 heavy (non-hydrogen) atoms. The lowest BCUT2D eigenvalue weighted by Crippen LogP contribution is -2.39. The summed E-state index contributed by atoms with van der Waals surface area (Å²) in [5.41, 5.74) is 7.19. The summed E-state index contributed by atoms with van der Waals surface area (Å²) >= 11 is 0. The number of halogens is 3. The fourth-order valence-corrected chi connectivity index (χ4v) is 2.59. The molecule has 7 heteroatoms. The summed E-state index contributed by atoms with van der Waals surface area (Å²) in [5, 5.41) is 0. The molecule has 1 aliphatic carbocycles. The topological polar surface area (TPSA) is 55.0 Å². The van der Waals surface area contributed by atoms with Crippen LogP contribution in [0.4, 0.5) is 19.0 Å². The van der Waals surface area contributed by atoms with E-state index < -0.39 is 12.7 Å². The third kappa shape index (κ3) is 3.82. The largest absolute Gasteiger partial charge is 0.405 e. The second kappa shape index (κ2) is 6.39. The number of aryl methyl sites for hydroxylation is 1. The highest BCUT2D eigenvalue weighted by atomic mass is 19.4. The van der Waals surface area contributed by atoms with Crippen LogP contribution in [-0.2, 0) is 12.8 Å². The fraction of sp³-hybridized carbons (Fsp3) is 0.692. The summed E-state index contributed by atoms with van der Waals surface area (Å²) in [6.07, 6.45) is 1.72. The van der Waals surface area contributed by atoms with Crippen LogP contribution in [0.25, 0.3) is 0 Å². The number of nitrogens with two attached hydrogens (primary N) is 1. The molecule has 4 nitrogen and oxygen atoms in total. The van der Waals surface area contributed by atoms with E-state index in [9.17, 15) is 13.2 Å². The minimum Gasteiger partial charge on any atom is -0.346 e. The molecule has 0 spiro atoms. The number of hydrogen-bond donors (Lipinski definition) is 1. The van der Waals surface area contributed by atoms with Gasteiger partial charge in [-0.25, -0.2) is 9.97 Å². The average molecular weight is 288 g/mol. The van der Waals surface area contributed by atoms with E-state index in [2.05, 4.69) is 9.97 Å². The Labute approximate surface area is 116 Å². The lowest BCUT2D eigenvalue weighted by atomic mass is 10.1. The van der Waals surface area contributed by atoms with Gasteiger partial charge in [0.1, 0.15) is 18.7 Å². The van der Waals surface area contributed by atoms with Crippen LogP contribution in [0.1, 0.15) is 30.5 Å². The third-order valence-electron chi connectivity index (χ3n) is 3.42. The summed E-state index contributed by atoms with van der Waals surface area (Å²) in [6.45, 7) is -0.717. The number of anilines is 1. The van der Waals surface area contributed by atoms with Crippen molar-refractivity contribution in [2.24, 2.45) is 5.73 Å². The van der Waals surface area contributed by atoms with Gasteiger partial charge in [0.2, 0.25) is 0 Å². The van der Waals surface area contributed by atoms with Crippen molar-refractivity contribution in [3.63, 3.8) is 0 Å². The number of aromatic nitrogens is 2.